The Kier molecular flexibility index (Phi) is 4.64. The van der Waals surface area contributed by atoms with Gasteiger partial charge in [-0.3, -0.25) is 4.79 Å². The summed E-state index contributed by atoms with van der Waals surface area (Å²) < 4.78 is 6.05. The van der Waals surface area contributed by atoms with E-state index in [1.807, 2.05) is 6.92 Å². The molecule has 0 saturated heterocycles. The van der Waals surface area contributed by atoms with Gasteiger partial charge in [0, 0.05) is 11.8 Å². The van der Waals surface area contributed by atoms with Crippen molar-refractivity contribution in [3.05, 3.63) is 58.2 Å². The summed E-state index contributed by atoms with van der Waals surface area (Å²) in [4.78, 5) is 31.2. The fourth-order valence-electron chi connectivity index (χ4n) is 3.36. The molecule has 1 aliphatic rings. The number of hydrogen-bond donors (Lipinski definition) is 1. The SMILES string of the molecule is Cc1cc2c(cc1CC(=O)c1cnc(C(=O)O)cn1)C(C)(C)COC2(C)C. The van der Waals surface area contributed by atoms with E-state index in [2.05, 4.69) is 49.8 Å². The van der Waals surface area contributed by atoms with Gasteiger partial charge in [0.05, 0.1) is 24.6 Å². The van der Waals surface area contributed by atoms with E-state index < -0.39 is 5.97 Å². The average molecular weight is 368 g/mol. The van der Waals surface area contributed by atoms with Crippen LogP contribution in [0.15, 0.2) is 24.5 Å². The molecule has 6 heteroatoms. The van der Waals surface area contributed by atoms with Crippen molar-refractivity contribution in [3.63, 3.8) is 0 Å². The number of hydrogen-bond acceptors (Lipinski definition) is 5. The van der Waals surface area contributed by atoms with E-state index in [0.29, 0.717) is 6.61 Å². The second kappa shape index (κ2) is 6.53. The van der Waals surface area contributed by atoms with Crippen LogP contribution < -0.4 is 0 Å². The molecule has 0 aliphatic carbocycles. The normalized spacial score (nSPS) is 17.2. The molecule has 0 atom stereocenters. The lowest BCUT2D eigenvalue weighted by Crippen LogP contribution is -2.40. The Morgan fingerprint density at radius 3 is 2.30 bits per heavy atom. The zero-order valence-corrected chi connectivity index (χ0v) is 16.3. The monoisotopic (exact) mass is 368 g/mol. The van der Waals surface area contributed by atoms with Gasteiger partial charge < -0.3 is 9.84 Å². The number of aromatic carboxylic acids is 1. The van der Waals surface area contributed by atoms with Crippen LogP contribution in [0.3, 0.4) is 0 Å². The molecule has 142 valence electrons. The largest absolute Gasteiger partial charge is 0.476 e. The first-order valence-corrected chi connectivity index (χ1v) is 8.88. The number of Topliss-reactive ketones (excluding diaryl/α,β-unsaturated/α-hetero) is 1. The first-order valence-electron chi connectivity index (χ1n) is 8.88. The molecule has 0 amide bonds. The smallest absolute Gasteiger partial charge is 0.356 e. The van der Waals surface area contributed by atoms with Gasteiger partial charge in [0.2, 0.25) is 0 Å². The number of benzene rings is 1. The van der Waals surface area contributed by atoms with Crippen molar-refractivity contribution in [1.29, 1.82) is 0 Å². The lowest BCUT2D eigenvalue weighted by Gasteiger charge is -2.42. The van der Waals surface area contributed by atoms with Gasteiger partial charge in [-0.2, -0.15) is 0 Å². The molecule has 6 nitrogen and oxygen atoms in total. The van der Waals surface area contributed by atoms with Gasteiger partial charge in [0.25, 0.3) is 0 Å². The third-order valence-electron chi connectivity index (χ3n) is 5.16. The molecule has 3 rings (SSSR count). The minimum atomic E-state index is -1.17. The summed E-state index contributed by atoms with van der Waals surface area (Å²) in [7, 11) is 0. The third kappa shape index (κ3) is 3.62. The topological polar surface area (TPSA) is 89.4 Å². The molecular weight excluding hydrogens is 344 g/mol. The van der Waals surface area contributed by atoms with Crippen molar-refractivity contribution in [2.45, 2.75) is 52.1 Å². The predicted molar refractivity (Wildman–Crippen MR) is 100 cm³/mol. The molecule has 0 unspecified atom stereocenters. The van der Waals surface area contributed by atoms with E-state index in [4.69, 9.17) is 9.84 Å². The Hall–Kier alpha value is -2.60. The first-order chi connectivity index (χ1) is 12.5. The maximum absolute atomic E-state index is 12.6. The van der Waals surface area contributed by atoms with Crippen molar-refractivity contribution >= 4 is 11.8 Å². The second-order valence-corrected chi connectivity index (χ2v) is 8.20. The molecule has 0 fully saturated rings. The van der Waals surface area contributed by atoms with Gasteiger partial charge in [-0.25, -0.2) is 14.8 Å². The summed E-state index contributed by atoms with van der Waals surface area (Å²) in [5, 5.41) is 8.89. The standard InChI is InChI=1S/C21H24N2O4/c1-12-6-15-14(20(2,3)11-27-21(15,4)5)7-13(12)8-18(24)16-9-23-17(10-22-16)19(25)26/h6-7,9-10H,8,11H2,1-5H3,(H,25,26). The average Bonchev–Trinajstić information content (AvgIpc) is 2.60. The minimum Gasteiger partial charge on any atom is -0.476 e. The number of carbonyl (C=O) groups is 2. The molecule has 27 heavy (non-hydrogen) atoms. The van der Waals surface area contributed by atoms with E-state index in [-0.39, 0.29) is 34.6 Å². The maximum atomic E-state index is 12.6. The molecule has 0 radical (unpaired) electrons. The van der Waals surface area contributed by atoms with E-state index in [1.54, 1.807) is 0 Å². The van der Waals surface area contributed by atoms with Crippen LogP contribution in [-0.4, -0.2) is 33.4 Å². The highest BCUT2D eigenvalue weighted by Gasteiger charge is 2.38. The van der Waals surface area contributed by atoms with Crippen LogP contribution >= 0.6 is 0 Å². The van der Waals surface area contributed by atoms with Crippen LogP contribution in [0.5, 0.6) is 0 Å². The summed E-state index contributed by atoms with van der Waals surface area (Å²) in [6, 6.07) is 4.21. The van der Waals surface area contributed by atoms with E-state index in [1.165, 1.54) is 11.8 Å². The molecule has 0 saturated carbocycles. The van der Waals surface area contributed by atoms with E-state index in [0.717, 1.165) is 22.9 Å². The van der Waals surface area contributed by atoms with Crippen molar-refractivity contribution in [3.8, 4) is 0 Å². The number of rotatable bonds is 4. The number of carbonyl (C=O) groups excluding carboxylic acids is 1. The number of ketones is 1. The van der Waals surface area contributed by atoms with Crippen molar-refractivity contribution in [2.75, 3.05) is 6.61 Å². The zero-order valence-electron chi connectivity index (χ0n) is 16.3. The lowest BCUT2D eigenvalue weighted by molar-refractivity contribution is -0.0588. The molecule has 1 N–H and O–H groups in total. The Balaban J connectivity index is 1.94. The number of aryl methyl sites for hydroxylation is 1. The number of carboxylic acid groups (broad SMARTS) is 1. The molecule has 0 bridgehead atoms. The maximum Gasteiger partial charge on any atom is 0.356 e. The van der Waals surface area contributed by atoms with E-state index in [9.17, 15) is 9.59 Å². The van der Waals surface area contributed by atoms with Gasteiger partial charge in [0.15, 0.2) is 11.5 Å². The fourth-order valence-corrected chi connectivity index (χ4v) is 3.36. The van der Waals surface area contributed by atoms with Gasteiger partial charge in [0.1, 0.15) is 5.69 Å². The van der Waals surface area contributed by atoms with Crippen molar-refractivity contribution in [1.82, 2.24) is 9.97 Å². The summed E-state index contributed by atoms with van der Waals surface area (Å²) >= 11 is 0. The minimum absolute atomic E-state index is 0.140. The summed E-state index contributed by atoms with van der Waals surface area (Å²) in [5.41, 5.74) is 3.79. The highest BCUT2D eigenvalue weighted by molar-refractivity contribution is 5.96. The zero-order chi connectivity index (χ0) is 20.0. The Labute approximate surface area is 158 Å². The Bertz CT molecular complexity index is 915. The van der Waals surface area contributed by atoms with Gasteiger partial charge >= 0.3 is 5.97 Å². The summed E-state index contributed by atoms with van der Waals surface area (Å²) in [5.74, 6) is -1.36. The summed E-state index contributed by atoms with van der Waals surface area (Å²) in [6.45, 7) is 11.0. The fraction of sp³-hybridized carbons (Fsp3) is 0.429. The van der Waals surface area contributed by atoms with Crippen LogP contribution in [0.1, 0.15) is 70.9 Å². The number of ether oxygens (including phenoxy) is 1. The number of carboxylic acids is 1. The highest BCUT2D eigenvalue weighted by Crippen LogP contribution is 2.42. The van der Waals surface area contributed by atoms with Crippen LogP contribution in [0.2, 0.25) is 0 Å². The molecule has 1 aromatic carbocycles. The van der Waals surface area contributed by atoms with Crippen LogP contribution in [0.4, 0.5) is 0 Å². The van der Waals surface area contributed by atoms with Gasteiger partial charge in [-0.05, 0) is 43.0 Å². The van der Waals surface area contributed by atoms with Crippen molar-refractivity contribution < 1.29 is 19.4 Å². The van der Waals surface area contributed by atoms with Crippen LogP contribution in [0.25, 0.3) is 0 Å². The second-order valence-electron chi connectivity index (χ2n) is 8.20. The lowest BCUT2D eigenvalue weighted by atomic mass is 9.74. The van der Waals surface area contributed by atoms with Crippen molar-refractivity contribution in [2.24, 2.45) is 0 Å². The van der Waals surface area contributed by atoms with Gasteiger partial charge in [-0.1, -0.05) is 26.0 Å². The van der Waals surface area contributed by atoms with Crippen LogP contribution in [-0.2, 0) is 22.2 Å². The molecule has 0 spiro atoms. The number of fused-ring (bicyclic) bond motifs is 1. The quantitative estimate of drug-likeness (QED) is 0.832. The van der Waals surface area contributed by atoms with E-state index >= 15 is 0 Å². The Morgan fingerprint density at radius 1 is 1.07 bits per heavy atom. The summed E-state index contributed by atoms with van der Waals surface area (Å²) in [6.07, 6.45) is 2.52. The molecular formula is C21H24N2O4. The van der Waals surface area contributed by atoms with Gasteiger partial charge in [-0.15, -0.1) is 0 Å². The molecule has 2 heterocycles. The molecule has 1 aliphatic heterocycles. The third-order valence-corrected chi connectivity index (χ3v) is 5.16. The number of aromatic nitrogens is 2. The Morgan fingerprint density at radius 2 is 1.70 bits per heavy atom. The molecule has 1 aromatic heterocycles. The number of nitrogens with zero attached hydrogens (tertiary/aromatic N) is 2. The first kappa shape index (κ1) is 19.2. The predicted octanol–water partition coefficient (Wildman–Crippen LogP) is 3.45. The van der Waals surface area contributed by atoms with Crippen LogP contribution in [0, 0.1) is 6.92 Å². The molecule has 2 aromatic rings. The highest BCUT2D eigenvalue weighted by atomic mass is 16.5.